The van der Waals surface area contributed by atoms with E-state index in [0.717, 1.165) is 66.7 Å². The van der Waals surface area contributed by atoms with Crippen molar-refractivity contribution in [3.63, 3.8) is 0 Å². The van der Waals surface area contributed by atoms with Gasteiger partial charge in [0.15, 0.2) is 0 Å². The molecule has 1 aromatic heterocycles. The van der Waals surface area contributed by atoms with Crippen molar-refractivity contribution >= 4 is 33.2 Å². The van der Waals surface area contributed by atoms with Gasteiger partial charge >= 0.3 is 0 Å². The maximum Gasteiger partial charge on any atom is 0.143 e. The largest absolute Gasteiger partial charge is 0.455 e. The topological polar surface area (TPSA) is 25.2 Å². The average molecular weight is 670 g/mol. The number of rotatable bonds is 9. The maximum absolute atomic E-state index is 6.52. The highest BCUT2D eigenvalue weighted by Crippen LogP contribution is 2.41. The summed E-state index contributed by atoms with van der Waals surface area (Å²) in [5.74, 6) is 0.171. The van der Waals surface area contributed by atoms with Gasteiger partial charge in [0.2, 0.25) is 0 Å². The maximum atomic E-state index is 6.52. The Balaban J connectivity index is 1.15. The molecule has 0 aliphatic heterocycles. The molecule has 0 radical (unpaired) electrons. The molecule has 8 rings (SSSR count). The first-order chi connectivity index (χ1) is 25.6. The van der Waals surface area contributed by atoms with Crippen molar-refractivity contribution < 1.29 is 4.42 Å². The summed E-state index contributed by atoms with van der Waals surface area (Å²) in [4.78, 5) is 0. The summed E-state index contributed by atoms with van der Waals surface area (Å²) in [5.41, 5.74) is 14.0. The standard InChI is InChI=1S/C50H39NO/c1-35(37-16-9-5-10-17-37)26-33-48(36(2)38-18-7-3-4-8-19-38)51-42-30-27-39(28-31-42)41-29-32-43(40-20-11-6-12-21-40)47(34-41)46-24-15-23-45-44-22-13-14-25-49(44)52-50(45)46/h3-34,38,51H,1H2,2H3/b33-26-,48-36-. The lowest BCUT2D eigenvalue weighted by molar-refractivity contribution is 0.670. The molecule has 0 atom stereocenters. The van der Waals surface area contributed by atoms with Gasteiger partial charge in [-0.05, 0) is 81.8 Å². The van der Waals surface area contributed by atoms with Crippen LogP contribution in [0.3, 0.4) is 0 Å². The van der Waals surface area contributed by atoms with Crippen LogP contribution in [0.25, 0.3) is 60.9 Å². The Morgan fingerprint density at radius 2 is 1.25 bits per heavy atom. The van der Waals surface area contributed by atoms with E-state index in [2.05, 4.69) is 183 Å². The highest BCUT2D eigenvalue weighted by Gasteiger charge is 2.17. The normalized spacial score (nSPS) is 13.5. The number of anilines is 1. The average Bonchev–Trinajstić information content (AvgIpc) is 3.37. The van der Waals surface area contributed by atoms with Crippen molar-refractivity contribution in [3.05, 3.63) is 218 Å². The van der Waals surface area contributed by atoms with Crippen LogP contribution in [0.5, 0.6) is 0 Å². The first kappa shape index (κ1) is 32.6. The van der Waals surface area contributed by atoms with Crippen LogP contribution in [-0.2, 0) is 0 Å². The summed E-state index contributed by atoms with van der Waals surface area (Å²) in [6, 6.07) is 51.1. The second-order valence-corrected chi connectivity index (χ2v) is 13.1. The quantitative estimate of drug-likeness (QED) is 0.155. The minimum atomic E-state index is 0.171. The molecule has 1 aliphatic carbocycles. The monoisotopic (exact) mass is 669 g/mol. The third kappa shape index (κ3) is 6.75. The zero-order valence-corrected chi connectivity index (χ0v) is 29.2. The molecule has 2 heteroatoms. The molecule has 1 heterocycles. The molecule has 0 spiro atoms. The van der Waals surface area contributed by atoms with Gasteiger partial charge in [0.25, 0.3) is 0 Å². The van der Waals surface area contributed by atoms with Gasteiger partial charge in [-0.3, -0.25) is 0 Å². The summed E-state index contributed by atoms with van der Waals surface area (Å²) < 4.78 is 6.52. The van der Waals surface area contributed by atoms with E-state index in [1.807, 2.05) is 30.3 Å². The van der Waals surface area contributed by atoms with E-state index in [1.54, 1.807) is 0 Å². The minimum absolute atomic E-state index is 0.171. The van der Waals surface area contributed by atoms with Crippen LogP contribution in [0.2, 0.25) is 0 Å². The molecule has 0 amide bonds. The van der Waals surface area contributed by atoms with E-state index in [9.17, 15) is 0 Å². The first-order valence-electron chi connectivity index (χ1n) is 17.7. The summed E-state index contributed by atoms with van der Waals surface area (Å²) in [5, 5.41) is 5.99. The zero-order chi connectivity index (χ0) is 35.3. The van der Waals surface area contributed by atoms with Crippen LogP contribution in [0, 0.1) is 5.92 Å². The van der Waals surface area contributed by atoms with E-state index in [4.69, 9.17) is 4.42 Å². The number of nitrogens with one attached hydrogen (secondary N) is 1. The number of furan rings is 1. The van der Waals surface area contributed by atoms with Gasteiger partial charge in [-0.15, -0.1) is 0 Å². The predicted molar refractivity (Wildman–Crippen MR) is 222 cm³/mol. The van der Waals surface area contributed by atoms with Crippen LogP contribution >= 0.6 is 0 Å². The Labute approximate surface area is 305 Å². The first-order valence-corrected chi connectivity index (χ1v) is 17.7. The van der Waals surface area contributed by atoms with Crippen LogP contribution in [0.15, 0.2) is 216 Å². The molecule has 0 unspecified atom stereocenters. The summed E-state index contributed by atoms with van der Waals surface area (Å²) in [6.45, 7) is 6.53. The van der Waals surface area contributed by atoms with Crippen molar-refractivity contribution in [1.29, 1.82) is 0 Å². The lowest BCUT2D eigenvalue weighted by atomic mass is 9.90. The van der Waals surface area contributed by atoms with Crippen molar-refractivity contribution in [3.8, 4) is 33.4 Å². The molecule has 52 heavy (non-hydrogen) atoms. The number of hydrogen-bond acceptors (Lipinski definition) is 2. The molecule has 1 N–H and O–H groups in total. The van der Waals surface area contributed by atoms with Gasteiger partial charge in [-0.2, -0.15) is 0 Å². The Morgan fingerprint density at radius 1 is 0.577 bits per heavy atom. The fourth-order valence-electron chi connectivity index (χ4n) is 6.91. The Kier molecular flexibility index (Phi) is 9.19. The van der Waals surface area contributed by atoms with Crippen LogP contribution in [-0.4, -0.2) is 0 Å². The van der Waals surface area contributed by atoms with Crippen LogP contribution < -0.4 is 5.32 Å². The second kappa shape index (κ2) is 14.7. The Hall–Kier alpha value is -6.64. The molecule has 0 bridgehead atoms. The van der Waals surface area contributed by atoms with Crippen LogP contribution in [0.4, 0.5) is 5.69 Å². The summed E-state index contributed by atoms with van der Waals surface area (Å²) in [7, 11) is 0. The molecule has 250 valence electrons. The zero-order valence-electron chi connectivity index (χ0n) is 29.2. The lowest BCUT2D eigenvalue weighted by Gasteiger charge is -2.17. The molecule has 0 fully saturated rings. The molecular weight excluding hydrogens is 631 g/mol. The third-order valence-electron chi connectivity index (χ3n) is 9.79. The van der Waals surface area contributed by atoms with E-state index >= 15 is 0 Å². The second-order valence-electron chi connectivity index (χ2n) is 13.1. The molecule has 0 saturated heterocycles. The highest BCUT2D eigenvalue weighted by molar-refractivity contribution is 6.10. The number of hydrogen-bond donors (Lipinski definition) is 1. The summed E-state index contributed by atoms with van der Waals surface area (Å²) >= 11 is 0. The smallest absolute Gasteiger partial charge is 0.143 e. The van der Waals surface area contributed by atoms with E-state index in [1.165, 1.54) is 16.7 Å². The fourth-order valence-corrected chi connectivity index (χ4v) is 6.91. The predicted octanol–water partition coefficient (Wildman–Crippen LogP) is 13.8. The third-order valence-corrected chi connectivity index (χ3v) is 9.79. The fraction of sp³-hybridized carbons (Fsp3) is 0.0400. The van der Waals surface area contributed by atoms with Crippen molar-refractivity contribution in [2.75, 3.05) is 5.32 Å². The number of fused-ring (bicyclic) bond motifs is 3. The van der Waals surface area contributed by atoms with Gasteiger partial charge in [0, 0.05) is 33.6 Å². The highest BCUT2D eigenvalue weighted by atomic mass is 16.3. The van der Waals surface area contributed by atoms with E-state index in [0.29, 0.717) is 0 Å². The Morgan fingerprint density at radius 3 is 2.02 bits per heavy atom. The van der Waals surface area contributed by atoms with Crippen molar-refractivity contribution in [1.82, 2.24) is 0 Å². The van der Waals surface area contributed by atoms with Crippen molar-refractivity contribution in [2.45, 2.75) is 6.92 Å². The van der Waals surface area contributed by atoms with Crippen molar-refractivity contribution in [2.24, 2.45) is 5.92 Å². The van der Waals surface area contributed by atoms with Gasteiger partial charge in [-0.25, -0.2) is 0 Å². The summed E-state index contributed by atoms with van der Waals surface area (Å²) in [6.07, 6.45) is 17.0. The lowest BCUT2D eigenvalue weighted by Crippen LogP contribution is -2.05. The molecule has 2 nitrogen and oxygen atoms in total. The Bertz CT molecular complexity index is 2530. The van der Waals surface area contributed by atoms with E-state index < -0.39 is 0 Å². The molecule has 0 saturated carbocycles. The SMILES string of the molecule is C=C(/C=C\C(Nc1ccc(-c2ccc(-c3ccccc3)c(-c3cccc4c3oc3ccccc34)c2)cc1)=C(/C)C1C=CC=CC=C1)c1ccccc1. The number of para-hydroxylation sites is 2. The minimum Gasteiger partial charge on any atom is -0.455 e. The number of allylic oxidation sites excluding steroid dienone is 10. The van der Waals surface area contributed by atoms with Crippen LogP contribution in [0.1, 0.15) is 12.5 Å². The van der Waals surface area contributed by atoms with Gasteiger partial charge in [0.1, 0.15) is 11.2 Å². The molecule has 1 aliphatic rings. The molecule has 7 aromatic rings. The van der Waals surface area contributed by atoms with E-state index in [-0.39, 0.29) is 5.92 Å². The van der Waals surface area contributed by atoms with Gasteiger partial charge in [-0.1, -0.05) is 170 Å². The molecular formula is C50H39NO. The molecule has 6 aromatic carbocycles. The van der Waals surface area contributed by atoms with Gasteiger partial charge < -0.3 is 9.73 Å². The number of benzene rings is 6. The van der Waals surface area contributed by atoms with Gasteiger partial charge in [0.05, 0.1) is 0 Å².